The topological polar surface area (TPSA) is 89.5 Å². The molecule has 1 aliphatic carbocycles. The van der Waals surface area contributed by atoms with Gasteiger partial charge in [0, 0.05) is 41.1 Å². The number of amides is 1. The summed E-state index contributed by atoms with van der Waals surface area (Å²) >= 11 is 0. The molecule has 174 valence electrons. The number of pyridine rings is 1. The largest absolute Gasteiger partial charge is 0.493 e. The number of hydrogen-bond donors (Lipinski definition) is 2. The van der Waals surface area contributed by atoms with Crippen molar-refractivity contribution in [1.82, 2.24) is 10.3 Å². The van der Waals surface area contributed by atoms with Crippen LogP contribution in [-0.4, -0.2) is 30.4 Å². The number of rotatable bonds is 6. The SMILES string of the molecule is C#CCOc1ccc([C@H]2C(C(=O)Nc3ccccn3)=C(C)NC3=C2C(=O)C[C@@H](C)C3)cc1OC. The van der Waals surface area contributed by atoms with Crippen molar-refractivity contribution in [3.05, 3.63) is 70.7 Å². The molecule has 2 aliphatic rings. The summed E-state index contributed by atoms with van der Waals surface area (Å²) in [6.45, 7) is 4.02. The number of nitrogens with zero attached hydrogens (tertiary/aromatic N) is 1. The first-order valence-corrected chi connectivity index (χ1v) is 11.1. The van der Waals surface area contributed by atoms with Gasteiger partial charge in [0.2, 0.25) is 0 Å². The van der Waals surface area contributed by atoms with Gasteiger partial charge >= 0.3 is 0 Å². The third-order valence-electron chi connectivity index (χ3n) is 6.01. The second kappa shape index (κ2) is 9.84. The molecule has 0 unspecified atom stereocenters. The van der Waals surface area contributed by atoms with Crippen molar-refractivity contribution in [1.29, 1.82) is 0 Å². The first-order chi connectivity index (χ1) is 16.4. The van der Waals surface area contributed by atoms with E-state index in [9.17, 15) is 9.59 Å². The quantitative estimate of drug-likeness (QED) is 0.639. The molecule has 34 heavy (non-hydrogen) atoms. The van der Waals surface area contributed by atoms with Crippen LogP contribution in [0.2, 0.25) is 0 Å². The molecule has 0 fully saturated rings. The Labute approximate surface area is 199 Å². The predicted octanol–water partition coefficient (Wildman–Crippen LogP) is 3.95. The van der Waals surface area contributed by atoms with Gasteiger partial charge in [-0.25, -0.2) is 4.98 Å². The lowest BCUT2D eigenvalue weighted by Gasteiger charge is -2.36. The lowest BCUT2D eigenvalue weighted by Crippen LogP contribution is -2.37. The number of ether oxygens (including phenoxy) is 2. The number of carbonyl (C=O) groups is 2. The summed E-state index contributed by atoms with van der Waals surface area (Å²) in [5.74, 6) is 3.23. The highest BCUT2D eigenvalue weighted by atomic mass is 16.5. The smallest absolute Gasteiger partial charge is 0.255 e. The van der Waals surface area contributed by atoms with Crippen LogP contribution in [0.25, 0.3) is 0 Å². The molecule has 7 heteroatoms. The molecule has 2 N–H and O–H groups in total. The Morgan fingerprint density at radius 2 is 2.09 bits per heavy atom. The van der Waals surface area contributed by atoms with Crippen LogP contribution in [0.15, 0.2) is 65.1 Å². The van der Waals surface area contributed by atoms with Gasteiger partial charge in [0.15, 0.2) is 17.3 Å². The van der Waals surface area contributed by atoms with E-state index >= 15 is 0 Å². The summed E-state index contributed by atoms with van der Waals surface area (Å²) in [6, 6.07) is 10.7. The van der Waals surface area contributed by atoms with Gasteiger partial charge < -0.3 is 20.1 Å². The van der Waals surface area contributed by atoms with Gasteiger partial charge in [-0.3, -0.25) is 9.59 Å². The second-order valence-electron chi connectivity index (χ2n) is 8.50. The highest BCUT2D eigenvalue weighted by Gasteiger charge is 2.40. The van der Waals surface area contributed by atoms with Crippen LogP contribution in [0.3, 0.4) is 0 Å². The van der Waals surface area contributed by atoms with E-state index in [0.29, 0.717) is 40.6 Å². The summed E-state index contributed by atoms with van der Waals surface area (Å²) in [5, 5.41) is 6.21. The number of Topliss-reactive ketones (excluding diaryl/α,β-unsaturated/α-hetero) is 1. The Balaban J connectivity index is 1.81. The van der Waals surface area contributed by atoms with E-state index in [1.807, 2.05) is 13.0 Å². The zero-order chi connectivity index (χ0) is 24.2. The fourth-order valence-electron chi connectivity index (χ4n) is 4.59. The maximum absolute atomic E-state index is 13.5. The number of dihydropyridines is 1. The molecule has 0 radical (unpaired) electrons. The van der Waals surface area contributed by atoms with E-state index in [1.54, 1.807) is 36.5 Å². The van der Waals surface area contributed by atoms with Gasteiger partial charge in [-0.15, -0.1) is 6.42 Å². The van der Waals surface area contributed by atoms with Crippen LogP contribution in [0.1, 0.15) is 38.2 Å². The fourth-order valence-corrected chi connectivity index (χ4v) is 4.59. The number of ketones is 1. The standard InChI is InChI=1S/C27H27N3O4/c1-5-12-34-21-10-9-18(15-22(21)33-4)25-24(27(32)30-23-8-6-7-11-28-23)17(3)29-19-13-16(2)14-20(31)26(19)25/h1,6-11,15-16,25,29H,12-14H2,2-4H3,(H,28,30,32)/t16-,25-/m0/s1. The zero-order valence-corrected chi connectivity index (χ0v) is 19.5. The summed E-state index contributed by atoms with van der Waals surface area (Å²) in [7, 11) is 1.54. The minimum absolute atomic E-state index is 0.0357. The average molecular weight is 458 g/mol. The van der Waals surface area contributed by atoms with Crippen molar-refractivity contribution in [3.8, 4) is 23.8 Å². The summed E-state index contributed by atoms with van der Waals surface area (Å²) in [4.78, 5) is 31.0. The Bertz CT molecular complexity index is 1220. The van der Waals surface area contributed by atoms with E-state index in [1.165, 1.54) is 7.11 Å². The molecular weight excluding hydrogens is 430 g/mol. The van der Waals surface area contributed by atoms with Crippen molar-refractivity contribution in [2.45, 2.75) is 32.6 Å². The number of nitrogens with one attached hydrogen (secondary N) is 2. The number of benzene rings is 1. The van der Waals surface area contributed by atoms with Crippen molar-refractivity contribution in [3.63, 3.8) is 0 Å². The first-order valence-electron chi connectivity index (χ1n) is 11.1. The number of terminal acetylenes is 1. The van der Waals surface area contributed by atoms with Gasteiger partial charge in [-0.05, 0) is 49.1 Å². The Kier molecular flexibility index (Phi) is 6.69. The molecule has 1 aliphatic heterocycles. The summed E-state index contributed by atoms with van der Waals surface area (Å²) in [5.41, 5.74) is 3.41. The molecule has 0 saturated heterocycles. The van der Waals surface area contributed by atoms with Crippen molar-refractivity contribution in [2.75, 3.05) is 19.0 Å². The molecule has 7 nitrogen and oxygen atoms in total. The lowest BCUT2D eigenvalue weighted by molar-refractivity contribution is -0.117. The monoisotopic (exact) mass is 457 g/mol. The normalized spacial score (nSPS) is 19.6. The lowest BCUT2D eigenvalue weighted by atomic mass is 9.73. The van der Waals surface area contributed by atoms with E-state index in [0.717, 1.165) is 17.7 Å². The number of allylic oxidation sites excluding steroid dienone is 3. The average Bonchev–Trinajstić information content (AvgIpc) is 2.82. The maximum Gasteiger partial charge on any atom is 0.255 e. The van der Waals surface area contributed by atoms with Crippen LogP contribution in [0.4, 0.5) is 5.82 Å². The predicted molar refractivity (Wildman–Crippen MR) is 129 cm³/mol. The van der Waals surface area contributed by atoms with Crippen molar-refractivity contribution in [2.24, 2.45) is 5.92 Å². The molecule has 2 aromatic rings. The van der Waals surface area contributed by atoms with E-state index in [-0.39, 0.29) is 24.2 Å². The van der Waals surface area contributed by atoms with E-state index < -0.39 is 5.92 Å². The van der Waals surface area contributed by atoms with Crippen LogP contribution in [-0.2, 0) is 9.59 Å². The van der Waals surface area contributed by atoms with E-state index in [2.05, 4.69) is 28.5 Å². The zero-order valence-electron chi connectivity index (χ0n) is 19.5. The maximum atomic E-state index is 13.5. The molecule has 1 amide bonds. The molecule has 0 bridgehead atoms. The third-order valence-corrected chi connectivity index (χ3v) is 6.01. The molecule has 4 rings (SSSR count). The molecule has 1 aromatic heterocycles. The molecule has 0 spiro atoms. The molecule has 0 saturated carbocycles. The van der Waals surface area contributed by atoms with Gasteiger partial charge in [0.1, 0.15) is 12.4 Å². The second-order valence-corrected chi connectivity index (χ2v) is 8.50. The Morgan fingerprint density at radius 1 is 1.26 bits per heavy atom. The van der Waals surface area contributed by atoms with Crippen LogP contribution < -0.4 is 20.1 Å². The summed E-state index contributed by atoms with van der Waals surface area (Å²) < 4.78 is 11.1. The number of aromatic nitrogens is 1. The van der Waals surface area contributed by atoms with E-state index in [4.69, 9.17) is 15.9 Å². The highest BCUT2D eigenvalue weighted by molar-refractivity contribution is 6.09. The van der Waals surface area contributed by atoms with Crippen LogP contribution in [0, 0.1) is 18.3 Å². The highest BCUT2D eigenvalue weighted by Crippen LogP contribution is 2.45. The molecule has 2 atom stereocenters. The van der Waals surface area contributed by atoms with Crippen LogP contribution in [0.5, 0.6) is 11.5 Å². The van der Waals surface area contributed by atoms with Crippen molar-refractivity contribution < 1.29 is 19.1 Å². The number of anilines is 1. The Hall–Kier alpha value is -4.05. The first kappa shape index (κ1) is 23.1. The fraction of sp³-hybridized carbons (Fsp3) is 0.296. The van der Waals surface area contributed by atoms with Gasteiger partial charge in [0.05, 0.1) is 7.11 Å². The van der Waals surface area contributed by atoms with Gasteiger partial charge in [-0.2, -0.15) is 0 Å². The van der Waals surface area contributed by atoms with Crippen molar-refractivity contribution >= 4 is 17.5 Å². The number of methoxy groups -OCH3 is 1. The molecule has 1 aromatic carbocycles. The third kappa shape index (κ3) is 4.53. The minimum atomic E-state index is -0.560. The van der Waals surface area contributed by atoms with Crippen LogP contribution >= 0.6 is 0 Å². The summed E-state index contributed by atoms with van der Waals surface area (Å²) in [6.07, 6.45) is 8.11. The van der Waals surface area contributed by atoms with Gasteiger partial charge in [-0.1, -0.05) is 25.0 Å². The molecular formula is C27H27N3O4. The number of carbonyl (C=O) groups excluding carboxylic acids is 2. The minimum Gasteiger partial charge on any atom is -0.493 e. The van der Waals surface area contributed by atoms with Gasteiger partial charge in [0.25, 0.3) is 5.91 Å². The number of hydrogen-bond acceptors (Lipinski definition) is 6. The molecule has 2 heterocycles. The Morgan fingerprint density at radius 3 is 2.79 bits per heavy atom.